The number of imidazole rings is 1. The number of fused-ring (bicyclic) bond motifs is 1. The molecule has 0 radical (unpaired) electrons. The van der Waals surface area contributed by atoms with E-state index in [2.05, 4.69) is 38.7 Å². The lowest BCUT2D eigenvalue weighted by Crippen LogP contribution is -2.12. The Morgan fingerprint density at radius 3 is 2.83 bits per heavy atom. The number of anilines is 1. The molecule has 0 saturated carbocycles. The zero-order valence-electron chi connectivity index (χ0n) is 14.2. The number of nitrogens with zero attached hydrogens (tertiary/aromatic N) is 4. The number of rotatable bonds is 7. The van der Waals surface area contributed by atoms with Crippen molar-refractivity contribution in [2.45, 2.75) is 33.4 Å². The first-order chi connectivity index (χ1) is 11.7. The zero-order valence-corrected chi connectivity index (χ0v) is 14.2. The van der Waals surface area contributed by atoms with E-state index < -0.39 is 0 Å². The second-order valence-corrected chi connectivity index (χ2v) is 6.33. The van der Waals surface area contributed by atoms with E-state index in [-0.39, 0.29) is 0 Å². The van der Waals surface area contributed by atoms with E-state index in [1.807, 2.05) is 36.8 Å². The van der Waals surface area contributed by atoms with Gasteiger partial charge < -0.3 is 15.6 Å². The van der Waals surface area contributed by atoms with Gasteiger partial charge in [0.05, 0.1) is 24.1 Å². The van der Waals surface area contributed by atoms with Crippen molar-refractivity contribution in [2.75, 3.05) is 11.9 Å². The van der Waals surface area contributed by atoms with Gasteiger partial charge in [0.25, 0.3) is 0 Å². The Hall–Kier alpha value is -2.47. The second-order valence-electron chi connectivity index (χ2n) is 6.33. The monoisotopic (exact) mass is 324 g/mol. The van der Waals surface area contributed by atoms with Crippen LogP contribution < -0.4 is 11.1 Å². The fourth-order valence-electron chi connectivity index (χ4n) is 2.73. The third-order valence-corrected chi connectivity index (χ3v) is 3.81. The standard InChI is InChI=1S/C18H24N6/c1-13(2)11-24-12-20-9-14(24)10-21-18-15-5-3-4-6-16(15)22-17(23-18)7-8-19/h3-6,9,12-13H,7-8,10-11,19H2,1-2H3,(H,21,22,23). The van der Waals surface area contributed by atoms with E-state index in [1.54, 1.807) is 0 Å². The van der Waals surface area contributed by atoms with Crippen molar-refractivity contribution in [2.24, 2.45) is 11.7 Å². The van der Waals surface area contributed by atoms with Crippen LogP contribution in [0.5, 0.6) is 0 Å². The van der Waals surface area contributed by atoms with Crippen LogP contribution in [-0.2, 0) is 19.5 Å². The van der Waals surface area contributed by atoms with E-state index in [1.165, 1.54) is 0 Å². The molecule has 0 saturated heterocycles. The van der Waals surface area contributed by atoms with Gasteiger partial charge in [-0.25, -0.2) is 15.0 Å². The van der Waals surface area contributed by atoms with Crippen molar-refractivity contribution in [1.82, 2.24) is 19.5 Å². The first kappa shape index (κ1) is 16.4. The van der Waals surface area contributed by atoms with Gasteiger partial charge in [-0.05, 0) is 24.6 Å². The second kappa shape index (κ2) is 7.40. The summed E-state index contributed by atoms with van der Waals surface area (Å²) in [5.41, 5.74) is 7.74. The predicted molar refractivity (Wildman–Crippen MR) is 96.7 cm³/mol. The number of para-hydroxylation sites is 1. The van der Waals surface area contributed by atoms with Crippen LogP contribution in [-0.4, -0.2) is 26.1 Å². The largest absolute Gasteiger partial charge is 0.364 e. The molecule has 0 aliphatic carbocycles. The maximum Gasteiger partial charge on any atom is 0.137 e. The summed E-state index contributed by atoms with van der Waals surface area (Å²) in [4.78, 5) is 13.5. The highest BCUT2D eigenvalue weighted by atomic mass is 15.1. The molecule has 126 valence electrons. The molecule has 3 aromatic rings. The first-order valence-electron chi connectivity index (χ1n) is 8.36. The van der Waals surface area contributed by atoms with Crippen LogP contribution >= 0.6 is 0 Å². The van der Waals surface area contributed by atoms with Crippen molar-refractivity contribution in [3.05, 3.63) is 48.3 Å². The molecule has 3 N–H and O–H groups in total. The third kappa shape index (κ3) is 3.71. The maximum absolute atomic E-state index is 5.66. The molecule has 2 heterocycles. The Bertz CT molecular complexity index is 808. The SMILES string of the molecule is CC(C)Cn1cncc1CNc1nc(CCN)nc2ccccc12. The molecule has 0 aliphatic heterocycles. The van der Waals surface area contributed by atoms with Crippen LogP contribution in [0.25, 0.3) is 10.9 Å². The Morgan fingerprint density at radius 1 is 1.21 bits per heavy atom. The Morgan fingerprint density at radius 2 is 2.04 bits per heavy atom. The Balaban J connectivity index is 1.85. The van der Waals surface area contributed by atoms with Crippen molar-refractivity contribution < 1.29 is 0 Å². The predicted octanol–water partition coefficient (Wildman–Crippen LogP) is 2.60. The Kier molecular flexibility index (Phi) is 5.05. The minimum absolute atomic E-state index is 0.541. The maximum atomic E-state index is 5.66. The molecule has 0 aliphatic rings. The normalized spacial score (nSPS) is 11.3. The number of benzene rings is 1. The molecule has 24 heavy (non-hydrogen) atoms. The van der Waals surface area contributed by atoms with Crippen LogP contribution in [0, 0.1) is 5.92 Å². The average Bonchev–Trinajstić information content (AvgIpc) is 2.99. The van der Waals surface area contributed by atoms with Crippen LogP contribution in [0.1, 0.15) is 25.4 Å². The Labute approximate surface area is 142 Å². The van der Waals surface area contributed by atoms with Gasteiger partial charge in [-0.15, -0.1) is 0 Å². The summed E-state index contributed by atoms with van der Waals surface area (Å²) >= 11 is 0. The minimum atomic E-state index is 0.541. The lowest BCUT2D eigenvalue weighted by molar-refractivity contribution is 0.511. The van der Waals surface area contributed by atoms with Crippen LogP contribution in [0.3, 0.4) is 0 Å². The molecule has 0 fully saturated rings. The highest BCUT2D eigenvalue weighted by Crippen LogP contribution is 2.21. The van der Waals surface area contributed by atoms with E-state index in [0.717, 1.165) is 34.8 Å². The molecular formula is C18H24N6. The lowest BCUT2D eigenvalue weighted by Gasteiger charge is -2.13. The van der Waals surface area contributed by atoms with Gasteiger partial charge in [0.2, 0.25) is 0 Å². The molecule has 0 atom stereocenters. The number of nitrogens with two attached hydrogens (primary N) is 1. The molecule has 6 nitrogen and oxygen atoms in total. The molecule has 0 unspecified atom stereocenters. The fraction of sp³-hybridized carbons (Fsp3) is 0.389. The number of nitrogens with one attached hydrogen (secondary N) is 1. The van der Waals surface area contributed by atoms with Gasteiger partial charge in [-0.3, -0.25) is 0 Å². The van der Waals surface area contributed by atoms with Gasteiger partial charge in [0, 0.05) is 24.5 Å². The number of hydrogen-bond acceptors (Lipinski definition) is 5. The summed E-state index contributed by atoms with van der Waals surface area (Å²) in [7, 11) is 0. The van der Waals surface area contributed by atoms with Crippen LogP contribution in [0.4, 0.5) is 5.82 Å². The van der Waals surface area contributed by atoms with Crippen LogP contribution in [0.2, 0.25) is 0 Å². The summed E-state index contributed by atoms with van der Waals surface area (Å²) in [6.07, 6.45) is 4.46. The number of hydrogen-bond donors (Lipinski definition) is 2. The van der Waals surface area contributed by atoms with Crippen molar-refractivity contribution in [1.29, 1.82) is 0 Å². The quantitative estimate of drug-likeness (QED) is 0.698. The molecule has 0 spiro atoms. The fourth-order valence-corrected chi connectivity index (χ4v) is 2.73. The molecule has 0 bridgehead atoms. The number of aromatic nitrogens is 4. The topological polar surface area (TPSA) is 81.7 Å². The highest BCUT2D eigenvalue weighted by molar-refractivity contribution is 5.88. The molecule has 3 rings (SSSR count). The summed E-state index contributed by atoms with van der Waals surface area (Å²) in [6, 6.07) is 8.03. The van der Waals surface area contributed by atoms with Crippen molar-refractivity contribution in [3.63, 3.8) is 0 Å². The van der Waals surface area contributed by atoms with Crippen molar-refractivity contribution in [3.8, 4) is 0 Å². The average molecular weight is 324 g/mol. The van der Waals surface area contributed by atoms with E-state index in [9.17, 15) is 0 Å². The molecule has 6 heteroatoms. The molecule has 1 aromatic carbocycles. The van der Waals surface area contributed by atoms with E-state index in [0.29, 0.717) is 25.4 Å². The lowest BCUT2D eigenvalue weighted by atomic mass is 10.2. The molecular weight excluding hydrogens is 300 g/mol. The summed E-state index contributed by atoms with van der Waals surface area (Å²) < 4.78 is 2.18. The van der Waals surface area contributed by atoms with Crippen LogP contribution in [0.15, 0.2) is 36.8 Å². The smallest absolute Gasteiger partial charge is 0.137 e. The van der Waals surface area contributed by atoms with Gasteiger partial charge in [0.15, 0.2) is 0 Å². The zero-order chi connectivity index (χ0) is 16.9. The van der Waals surface area contributed by atoms with Gasteiger partial charge in [-0.2, -0.15) is 0 Å². The third-order valence-electron chi connectivity index (χ3n) is 3.81. The summed E-state index contributed by atoms with van der Waals surface area (Å²) in [6.45, 7) is 6.58. The molecule has 2 aromatic heterocycles. The van der Waals surface area contributed by atoms with Crippen molar-refractivity contribution >= 4 is 16.7 Å². The highest BCUT2D eigenvalue weighted by Gasteiger charge is 2.09. The summed E-state index contributed by atoms with van der Waals surface area (Å²) in [5.74, 6) is 2.20. The molecule has 0 amide bonds. The van der Waals surface area contributed by atoms with E-state index >= 15 is 0 Å². The summed E-state index contributed by atoms with van der Waals surface area (Å²) in [5, 5.41) is 4.47. The van der Waals surface area contributed by atoms with Gasteiger partial charge in [-0.1, -0.05) is 26.0 Å². The van der Waals surface area contributed by atoms with Gasteiger partial charge >= 0.3 is 0 Å². The first-order valence-corrected chi connectivity index (χ1v) is 8.36. The van der Waals surface area contributed by atoms with E-state index in [4.69, 9.17) is 5.73 Å². The van der Waals surface area contributed by atoms with Gasteiger partial charge in [0.1, 0.15) is 11.6 Å². The minimum Gasteiger partial charge on any atom is -0.364 e.